The molecule has 5 heteroatoms. The molecular formula is C11H10FNO3. The van der Waals surface area contributed by atoms with Gasteiger partial charge in [-0.25, -0.2) is 9.18 Å². The lowest BCUT2D eigenvalue weighted by Crippen LogP contribution is -1.95. The van der Waals surface area contributed by atoms with E-state index in [0.717, 1.165) is 0 Å². The monoisotopic (exact) mass is 223 g/mol. The molecule has 1 atom stereocenters. The zero-order chi connectivity index (χ0) is 11.9. The number of hydrogen-bond donors (Lipinski definition) is 3. The molecule has 1 aromatic heterocycles. The van der Waals surface area contributed by atoms with Crippen molar-refractivity contribution in [2.45, 2.75) is 13.0 Å². The van der Waals surface area contributed by atoms with Gasteiger partial charge in [0.15, 0.2) is 0 Å². The minimum atomic E-state index is -1.16. The van der Waals surface area contributed by atoms with E-state index < -0.39 is 17.9 Å². The lowest BCUT2D eigenvalue weighted by atomic mass is 10.1. The predicted molar refractivity (Wildman–Crippen MR) is 55.8 cm³/mol. The summed E-state index contributed by atoms with van der Waals surface area (Å²) >= 11 is 0. The second kappa shape index (κ2) is 3.61. The number of carboxylic acid groups (broad SMARTS) is 1. The van der Waals surface area contributed by atoms with Gasteiger partial charge in [0, 0.05) is 5.39 Å². The van der Waals surface area contributed by atoms with Crippen LogP contribution in [0.4, 0.5) is 4.39 Å². The molecule has 0 aliphatic carbocycles. The minimum Gasteiger partial charge on any atom is -0.477 e. The molecular weight excluding hydrogens is 213 g/mol. The number of carbonyl (C=O) groups is 1. The molecule has 0 spiro atoms. The fourth-order valence-corrected chi connectivity index (χ4v) is 1.69. The van der Waals surface area contributed by atoms with Crippen LogP contribution in [0.3, 0.4) is 0 Å². The van der Waals surface area contributed by atoms with Gasteiger partial charge in [0.25, 0.3) is 0 Å². The Balaban J connectivity index is 2.77. The average Bonchev–Trinajstić information content (AvgIpc) is 2.62. The van der Waals surface area contributed by atoms with E-state index in [4.69, 9.17) is 5.11 Å². The predicted octanol–water partition coefficient (Wildman–Crippen LogP) is 2.06. The van der Waals surface area contributed by atoms with Gasteiger partial charge in [-0.1, -0.05) is 6.07 Å². The van der Waals surface area contributed by atoms with Crippen LogP contribution in [0.2, 0.25) is 0 Å². The van der Waals surface area contributed by atoms with Crippen LogP contribution in [0.5, 0.6) is 0 Å². The second-order valence-corrected chi connectivity index (χ2v) is 3.59. The van der Waals surface area contributed by atoms with E-state index in [0.29, 0.717) is 10.9 Å². The number of nitrogens with one attached hydrogen (secondary N) is 1. The third-order valence-corrected chi connectivity index (χ3v) is 2.46. The van der Waals surface area contributed by atoms with Crippen molar-refractivity contribution >= 4 is 16.9 Å². The Bertz CT molecular complexity index is 560. The molecule has 2 aromatic rings. The number of aliphatic hydroxyl groups excluding tert-OH is 1. The summed E-state index contributed by atoms with van der Waals surface area (Å²) in [4.78, 5) is 13.2. The summed E-state index contributed by atoms with van der Waals surface area (Å²) in [5.74, 6) is -1.70. The van der Waals surface area contributed by atoms with E-state index in [1.165, 1.54) is 18.2 Å². The van der Waals surface area contributed by atoms with Crippen LogP contribution in [0.1, 0.15) is 29.1 Å². The van der Waals surface area contributed by atoms with Crippen LogP contribution in [0, 0.1) is 5.82 Å². The number of H-pyrrole nitrogens is 1. The van der Waals surface area contributed by atoms with Gasteiger partial charge in [-0.3, -0.25) is 0 Å². The summed E-state index contributed by atoms with van der Waals surface area (Å²) in [6.07, 6.45) is -0.777. The van der Waals surface area contributed by atoms with Crippen molar-refractivity contribution in [1.82, 2.24) is 4.98 Å². The van der Waals surface area contributed by atoms with Gasteiger partial charge < -0.3 is 15.2 Å². The number of aliphatic hydroxyl groups is 1. The summed E-state index contributed by atoms with van der Waals surface area (Å²) in [5.41, 5.74) is 0.512. The molecule has 0 amide bonds. The van der Waals surface area contributed by atoms with Crippen LogP contribution >= 0.6 is 0 Å². The summed E-state index contributed by atoms with van der Waals surface area (Å²) < 4.78 is 13.4. The van der Waals surface area contributed by atoms with E-state index in [2.05, 4.69) is 4.98 Å². The highest BCUT2D eigenvalue weighted by Gasteiger charge is 2.15. The summed E-state index contributed by atoms with van der Waals surface area (Å²) in [7, 11) is 0. The lowest BCUT2D eigenvalue weighted by molar-refractivity contribution is 0.0691. The van der Waals surface area contributed by atoms with Crippen molar-refractivity contribution < 1.29 is 19.4 Å². The van der Waals surface area contributed by atoms with Crippen molar-refractivity contribution in [2.75, 3.05) is 0 Å². The molecule has 0 aliphatic rings. The van der Waals surface area contributed by atoms with Crippen molar-refractivity contribution in [3.05, 3.63) is 35.3 Å². The third-order valence-electron chi connectivity index (χ3n) is 2.46. The fourth-order valence-electron chi connectivity index (χ4n) is 1.69. The number of aromatic carboxylic acids is 1. The zero-order valence-electron chi connectivity index (χ0n) is 8.49. The van der Waals surface area contributed by atoms with Crippen molar-refractivity contribution in [2.24, 2.45) is 0 Å². The highest BCUT2D eigenvalue weighted by molar-refractivity contribution is 5.95. The molecule has 3 N–H and O–H groups in total. The molecule has 0 radical (unpaired) electrons. The van der Waals surface area contributed by atoms with E-state index in [-0.39, 0.29) is 11.2 Å². The second-order valence-electron chi connectivity index (χ2n) is 3.59. The first-order valence-corrected chi connectivity index (χ1v) is 4.73. The topological polar surface area (TPSA) is 73.3 Å². The Labute approximate surface area is 90.3 Å². The van der Waals surface area contributed by atoms with Gasteiger partial charge >= 0.3 is 5.97 Å². The van der Waals surface area contributed by atoms with Gasteiger partial charge in [0.2, 0.25) is 0 Å². The molecule has 1 aromatic carbocycles. The summed E-state index contributed by atoms with van der Waals surface area (Å²) in [6, 6.07) is 3.97. The quantitative estimate of drug-likeness (QED) is 0.729. The molecule has 4 nitrogen and oxygen atoms in total. The molecule has 0 aliphatic heterocycles. The molecule has 0 saturated carbocycles. The van der Waals surface area contributed by atoms with Gasteiger partial charge in [0.1, 0.15) is 11.5 Å². The van der Waals surface area contributed by atoms with Crippen LogP contribution in [-0.2, 0) is 0 Å². The lowest BCUT2D eigenvalue weighted by Gasteiger charge is -2.05. The number of aromatic amines is 1. The number of rotatable bonds is 2. The maximum atomic E-state index is 13.4. The maximum absolute atomic E-state index is 13.4. The summed E-state index contributed by atoms with van der Waals surface area (Å²) in [5, 5.41) is 18.7. The van der Waals surface area contributed by atoms with Crippen molar-refractivity contribution in [1.29, 1.82) is 0 Å². The average molecular weight is 223 g/mol. The molecule has 84 valence electrons. The Kier molecular flexibility index (Phi) is 2.40. The van der Waals surface area contributed by atoms with E-state index >= 15 is 0 Å². The van der Waals surface area contributed by atoms with Gasteiger partial charge in [-0.05, 0) is 24.6 Å². The summed E-state index contributed by atoms with van der Waals surface area (Å²) in [6.45, 7) is 1.54. The Morgan fingerprint density at radius 1 is 1.50 bits per heavy atom. The van der Waals surface area contributed by atoms with Crippen LogP contribution in [-0.4, -0.2) is 21.2 Å². The van der Waals surface area contributed by atoms with E-state index in [1.807, 2.05) is 0 Å². The van der Waals surface area contributed by atoms with Crippen LogP contribution in [0.15, 0.2) is 18.2 Å². The van der Waals surface area contributed by atoms with Gasteiger partial charge in [-0.2, -0.15) is 0 Å². The Morgan fingerprint density at radius 2 is 2.19 bits per heavy atom. The maximum Gasteiger partial charge on any atom is 0.352 e. The molecule has 1 heterocycles. The molecule has 16 heavy (non-hydrogen) atoms. The van der Waals surface area contributed by atoms with Crippen LogP contribution < -0.4 is 0 Å². The highest BCUT2D eigenvalue weighted by Crippen LogP contribution is 2.27. The number of aromatic nitrogens is 1. The molecule has 1 unspecified atom stereocenters. The highest BCUT2D eigenvalue weighted by atomic mass is 19.1. The first kappa shape index (κ1) is 10.6. The normalized spacial score (nSPS) is 12.9. The molecule has 0 fully saturated rings. The zero-order valence-corrected chi connectivity index (χ0v) is 8.49. The molecule has 0 saturated heterocycles. The van der Waals surface area contributed by atoms with Crippen molar-refractivity contribution in [3.63, 3.8) is 0 Å². The first-order valence-electron chi connectivity index (χ1n) is 4.73. The number of fused-ring (bicyclic) bond motifs is 1. The molecule has 0 bridgehead atoms. The number of hydrogen-bond acceptors (Lipinski definition) is 2. The Hall–Kier alpha value is -1.88. The first-order chi connectivity index (χ1) is 7.50. The largest absolute Gasteiger partial charge is 0.477 e. The number of carboxylic acids is 1. The van der Waals surface area contributed by atoms with E-state index in [1.54, 1.807) is 6.92 Å². The van der Waals surface area contributed by atoms with Gasteiger partial charge in [0.05, 0.1) is 11.6 Å². The minimum absolute atomic E-state index is 0.0954. The van der Waals surface area contributed by atoms with Crippen molar-refractivity contribution in [3.8, 4) is 0 Å². The molecule has 2 rings (SSSR count). The van der Waals surface area contributed by atoms with E-state index in [9.17, 15) is 14.3 Å². The fraction of sp³-hybridized carbons (Fsp3) is 0.182. The third kappa shape index (κ3) is 1.55. The smallest absolute Gasteiger partial charge is 0.352 e. The SMILES string of the molecule is CC(O)c1ccc(F)c2[nH]c(C(=O)O)cc12. The van der Waals surface area contributed by atoms with Crippen LogP contribution in [0.25, 0.3) is 10.9 Å². The standard InChI is InChI=1S/C11H10FNO3/c1-5(14)6-2-3-8(12)10-7(6)4-9(13-10)11(15)16/h2-5,13-14H,1H3,(H,15,16). The number of halogens is 1. The Morgan fingerprint density at radius 3 is 2.75 bits per heavy atom. The number of benzene rings is 1. The van der Waals surface area contributed by atoms with Gasteiger partial charge in [-0.15, -0.1) is 0 Å².